The van der Waals surface area contributed by atoms with Gasteiger partial charge in [0.2, 0.25) is 0 Å². The minimum atomic E-state index is -0.873. The summed E-state index contributed by atoms with van der Waals surface area (Å²) in [5, 5.41) is 15.7. The summed E-state index contributed by atoms with van der Waals surface area (Å²) in [6.45, 7) is 1.72. The lowest BCUT2D eigenvalue weighted by Gasteiger charge is -2.06. The number of aromatic carboxylic acids is 1. The van der Waals surface area contributed by atoms with E-state index in [1.54, 1.807) is 6.07 Å². The van der Waals surface area contributed by atoms with E-state index in [1.165, 1.54) is 33.4 Å². The van der Waals surface area contributed by atoms with E-state index in [9.17, 15) is 4.79 Å². The Hall–Kier alpha value is -2.89. The number of hydrogen-bond acceptors (Lipinski definition) is 3. The van der Waals surface area contributed by atoms with E-state index in [4.69, 9.17) is 5.11 Å². The zero-order chi connectivity index (χ0) is 18.6. The van der Waals surface area contributed by atoms with Gasteiger partial charge in [-0.1, -0.05) is 42.5 Å². The number of hydrogen-bond donors (Lipinski definition) is 3. The second-order valence-corrected chi connectivity index (χ2v) is 7.40. The molecule has 2 heterocycles. The number of aromatic nitrogens is 1. The number of aromatic amines is 1. The fourth-order valence-electron chi connectivity index (χ4n) is 3.21. The lowest BCUT2D eigenvalue weighted by Crippen LogP contribution is -2.16. The monoisotopic (exact) mass is 376 g/mol. The Morgan fingerprint density at radius 2 is 1.89 bits per heavy atom. The molecule has 0 unspecified atom stereocenters. The van der Waals surface area contributed by atoms with Gasteiger partial charge in [-0.2, -0.15) is 0 Å². The summed E-state index contributed by atoms with van der Waals surface area (Å²) in [6.07, 6.45) is 3.07. The number of carboxylic acid groups (broad SMARTS) is 1. The van der Waals surface area contributed by atoms with Gasteiger partial charge >= 0.3 is 5.97 Å². The van der Waals surface area contributed by atoms with Crippen molar-refractivity contribution in [3.63, 3.8) is 0 Å². The molecule has 0 radical (unpaired) electrons. The van der Waals surface area contributed by atoms with E-state index >= 15 is 0 Å². The Bertz CT molecular complexity index is 1060. The first-order valence-electron chi connectivity index (χ1n) is 8.87. The molecule has 0 amide bonds. The third-order valence-electron chi connectivity index (χ3n) is 4.67. The molecule has 0 spiro atoms. The molecule has 136 valence electrons. The van der Waals surface area contributed by atoms with Crippen molar-refractivity contribution >= 4 is 28.2 Å². The molecular weight excluding hydrogens is 356 g/mol. The van der Waals surface area contributed by atoms with E-state index in [-0.39, 0.29) is 0 Å². The van der Waals surface area contributed by atoms with Gasteiger partial charge in [0.1, 0.15) is 4.88 Å². The van der Waals surface area contributed by atoms with Crippen molar-refractivity contribution in [1.29, 1.82) is 0 Å². The average molecular weight is 376 g/mol. The SMILES string of the molecule is O=C(O)c1cc(-c2ccc(CNCCc3c[nH]c4ccccc34)cc2)cs1. The first-order chi connectivity index (χ1) is 13.2. The van der Waals surface area contributed by atoms with Crippen LogP contribution in [0.1, 0.15) is 20.8 Å². The maximum absolute atomic E-state index is 11.0. The molecule has 0 fully saturated rings. The minimum absolute atomic E-state index is 0.369. The molecule has 5 heteroatoms. The van der Waals surface area contributed by atoms with Crippen molar-refractivity contribution in [2.75, 3.05) is 6.54 Å². The van der Waals surface area contributed by atoms with Crippen LogP contribution in [0.4, 0.5) is 0 Å². The number of carboxylic acids is 1. The van der Waals surface area contributed by atoms with Gasteiger partial charge in [-0.15, -0.1) is 11.3 Å². The van der Waals surface area contributed by atoms with Gasteiger partial charge in [0.05, 0.1) is 0 Å². The fourth-order valence-corrected chi connectivity index (χ4v) is 3.96. The highest BCUT2D eigenvalue weighted by Crippen LogP contribution is 2.26. The highest BCUT2D eigenvalue weighted by molar-refractivity contribution is 7.12. The van der Waals surface area contributed by atoms with Crippen molar-refractivity contribution < 1.29 is 9.90 Å². The molecule has 3 N–H and O–H groups in total. The van der Waals surface area contributed by atoms with Gasteiger partial charge < -0.3 is 15.4 Å². The second-order valence-electron chi connectivity index (χ2n) is 6.49. The first-order valence-corrected chi connectivity index (χ1v) is 9.75. The standard InChI is InChI=1S/C22H20N2O2S/c25-22(26)21-11-18(14-27-21)16-7-5-15(6-8-16)12-23-10-9-17-13-24-20-4-2-1-3-19(17)20/h1-8,11,13-14,23-24H,9-10,12H2,(H,25,26). The van der Waals surface area contributed by atoms with Crippen LogP contribution in [-0.2, 0) is 13.0 Å². The molecule has 0 aliphatic rings. The minimum Gasteiger partial charge on any atom is -0.477 e. The van der Waals surface area contributed by atoms with Gasteiger partial charge in [0, 0.05) is 23.6 Å². The summed E-state index contributed by atoms with van der Waals surface area (Å²) >= 11 is 1.26. The quantitative estimate of drug-likeness (QED) is 0.401. The molecule has 2 aromatic carbocycles. The Labute approximate surface area is 161 Å². The third-order valence-corrected chi connectivity index (χ3v) is 5.59. The number of para-hydroxylation sites is 1. The Balaban J connectivity index is 1.31. The number of benzene rings is 2. The summed E-state index contributed by atoms with van der Waals surface area (Å²) in [5.74, 6) is -0.873. The third kappa shape index (κ3) is 3.94. The molecule has 0 saturated carbocycles. The number of nitrogens with one attached hydrogen (secondary N) is 2. The number of carbonyl (C=O) groups is 1. The molecule has 2 aromatic heterocycles. The summed E-state index contributed by atoms with van der Waals surface area (Å²) < 4.78 is 0. The van der Waals surface area contributed by atoms with E-state index in [2.05, 4.69) is 46.8 Å². The van der Waals surface area contributed by atoms with Gasteiger partial charge in [-0.3, -0.25) is 0 Å². The lowest BCUT2D eigenvalue weighted by molar-refractivity contribution is 0.0702. The number of thiophene rings is 1. The van der Waals surface area contributed by atoms with Crippen LogP contribution in [0.15, 0.2) is 66.2 Å². The molecule has 0 saturated heterocycles. The second kappa shape index (κ2) is 7.78. The normalized spacial score (nSPS) is 11.1. The van der Waals surface area contributed by atoms with Crippen LogP contribution in [0.25, 0.3) is 22.0 Å². The smallest absolute Gasteiger partial charge is 0.345 e. The number of rotatable bonds is 7. The molecule has 27 heavy (non-hydrogen) atoms. The van der Waals surface area contributed by atoms with Crippen molar-refractivity contribution in [1.82, 2.24) is 10.3 Å². The molecule has 0 aliphatic heterocycles. The summed E-state index contributed by atoms with van der Waals surface area (Å²) in [6, 6.07) is 18.4. The Morgan fingerprint density at radius 1 is 1.07 bits per heavy atom. The highest BCUT2D eigenvalue weighted by Gasteiger charge is 2.08. The van der Waals surface area contributed by atoms with Crippen LogP contribution in [0, 0.1) is 0 Å². The van der Waals surface area contributed by atoms with Crippen molar-refractivity contribution in [3.05, 3.63) is 82.2 Å². The molecule has 0 bridgehead atoms. The maximum Gasteiger partial charge on any atom is 0.345 e. The Morgan fingerprint density at radius 3 is 2.67 bits per heavy atom. The topological polar surface area (TPSA) is 65.1 Å². The summed E-state index contributed by atoms with van der Waals surface area (Å²) in [5.41, 5.74) is 5.73. The highest BCUT2D eigenvalue weighted by atomic mass is 32.1. The van der Waals surface area contributed by atoms with Crippen LogP contribution < -0.4 is 5.32 Å². The van der Waals surface area contributed by atoms with Crippen LogP contribution in [0.5, 0.6) is 0 Å². The number of fused-ring (bicyclic) bond motifs is 1. The summed E-state index contributed by atoms with van der Waals surface area (Å²) in [7, 11) is 0. The van der Waals surface area contributed by atoms with Crippen LogP contribution in [-0.4, -0.2) is 22.6 Å². The maximum atomic E-state index is 11.0. The average Bonchev–Trinajstić information content (AvgIpc) is 3.34. The first kappa shape index (κ1) is 17.5. The van der Waals surface area contributed by atoms with Crippen LogP contribution in [0.3, 0.4) is 0 Å². The summed E-state index contributed by atoms with van der Waals surface area (Å²) in [4.78, 5) is 14.7. The van der Waals surface area contributed by atoms with Gasteiger partial charge in [-0.25, -0.2) is 4.79 Å². The van der Waals surface area contributed by atoms with Crippen molar-refractivity contribution in [3.8, 4) is 11.1 Å². The largest absolute Gasteiger partial charge is 0.477 e. The molecule has 4 aromatic rings. The van der Waals surface area contributed by atoms with Gasteiger partial charge in [-0.05, 0) is 52.7 Å². The Kier molecular flexibility index (Phi) is 5.05. The molecule has 0 aliphatic carbocycles. The van der Waals surface area contributed by atoms with Crippen LogP contribution in [0.2, 0.25) is 0 Å². The molecule has 4 rings (SSSR count). The van der Waals surface area contributed by atoms with Crippen molar-refractivity contribution in [2.24, 2.45) is 0 Å². The van der Waals surface area contributed by atoms with Crippen LogP contribution >= 0.6 is 11.3 Å². The van der Waals surface area contributed by atoms with Gasteiger partial charge in [0.15, 0.2) is 0 Å². The van der Waals surface area contributed by atoms with E-state index in [0.29, 0.717) is 4.88 Å². The molecular formula is C22H20N2O2S. The van der Waals surface area contributed by atoms with Crippen molar-refractivity contribution in [2.45, 2.75) is 13.0 Å². The van der Waals surface area contributed by atoms with Gasteiger partial charge in [0.25, 0.3) is 0 Å². The lowest BCUT2D eigenvalue weighted by atomic mass is 10.1. The zero-order valence-electron chi connectivity index (χ0n) is 14.7. The predicted molar refractivity (Wildman–Crippen MR) is 110 cm³/mol. The van der Waals surface area contributed by atoms with E-state index in [1.807, 2.05) is 23.6 Å². The molecule has 0 atom stereocenters. The molecule has 4 nitrogen and oxygen atoms in total. The predicted octanol–water partition coefficient (Wildman–Crippen LogP) is 4.93. The van der Waals surface area contributed by atoms with E-state index in [0.717, 1.165) is 30.6 Å². The zero-order valence-corrected chi connectivity index (χ0v) is 15.6. The van der Waals surface area contributed by atoms with E-state index < -0.39 is 5.97 Å². The number of H-pyrrole nitrogens is 1. The fraction of sp³-hybridized carbons (Fsp3) is 0.136.